The highest BCUT2D eigenvalue weighted by atomic mass is 127. The molecule has 0 fully saturated rings. The summed E-state index contributed by atoms with van der Waals surface area (Å²) >= 11 is 1.84. The van der Waals surface area contributed by atoms with Crippen LogP contribution in [-0.4, -0.2) is 37.7 Å². The average molecular weight is 423 g/mol. The summed E-state index contributed by atoms with van der Waals surface area (Å²) in [7, 11) is 1.69. The van der Waals surface area contributed by atoms with E-state index < -0.39 is 0 Å². The number of halogens is 1. The summed E-state index contributed by atoms with van der Waals surface area (Å²) in [6.07, 6.45) is 2.12. The van der Waals surface area contributed by atoms with Gasteiger partial charge in [-0.2, -0.15) is 11.8 Å². The second-order valence-electron chi connectivity index (χ2n) is 4.43. The molecule has 0 bridgehead atoms. The van der Waals surface area contributed by atoms with Crippen LogP contribution < -0.4 is 15.4 Å². The van der Waals surface area contributed by atoms with E-state index in [4.69, 9.17) is 4.74 Å². The molecule has 6 heteroatoms. The molecule has 1 atom stereocenters. The van der Waals surface area contributed by atoms with Crippen LogP contribution in [0.2, 0.25) is 0 Å². The van der Waals surface area contributed by atoms with Gasteiger partial charge in [-0.25, -0.2) is 4.99 Å². The van der Waals surface area contributed by atoms with Crippen molar-refractivity contribution in [3.63, 3.8) is 0 Å². The van der Waals surface area contributed by atoms with Crippen molar-refractivity contribution in [3.8, 4) is 5.75 Å². The molecular formula is C15H26IN3OS. The van der Waals surface area contributed by atoms with Crippen molar-refractivity contribution in [2.24, 2.45) is 4.99 Å². The van der Waals surface area contributed by atoms with Gasteiger partial charge in [-0.15, -0.1) is 24.0 Å². The molecule has 120 valence electrons. The molecule has 0 radical (unpaired) electrons. The van der Waals surface area contributed by atoms with Crippen molar-refractivity contribution in [3.05, 3.63) is 29.8 Å². The molecule has 21 heavy (non-hydrogen) atoms. The molecule has 0 saturated carbocycles. The van der Waals surface area contributed by atoms with Gasteiger partial charge in [0.05, 0.1) is 13.7 Å². The van der Waals surface area contributed by atoms with Gasteiger partial charge in [0.15, 0.2) is 5.96 Å². The summed E-state index contributed by atoms with van der Waals surface area (Å²) in [4.78, 5) is 4.60. The zero-order chi connectivity index (χ0) is 14.8. The Kier molecular flexibility index (Phi) is 11.6. The highest BCUT2D eigenvalue weighted by Gasteiger charge is 2.04. The number of aliphatic imine (C=N–C) groups is 1. The Labute approximate surface area is 149 Å². The standard InChI is InChI=1S/C15H25N3OS.HI/c1-5-16-15(17-10-12(2)20-4)18-11-13-8-6-7-9-14(13)19-3;/h6-9,12H,5,10-11H2,1-4H3,(H2,16,17,18);1H. The minimum atomic E-state index is 0. The first kappa shape index (κ1) is 20.4. The van der Waals surface area contributed by atoms with E-state index in [9.17, 15) is 0 Å². The van der Waals surface area contributed by atoms with Crippen molar-refractivity contribution in [1.82, 2.24) is 10.6 Å². The van der Waals surface area contributed by atoms with E-state index >= 15 is 0 Å². The normalized spacial score (nSPS) is 12.3. The van der Waals surface area contributed by atoms with Crippen molar-refractivity contribution in [2.75, 3.05) is 26.5 Å². The molecule has 0 aliphatic heterocycles. The number of para-hydroxylation sites is 1. The van der Waals surface area contributed by atoms with E-state index in [2.05, 4.69) is 35.7 Å². The second-order valence-corrected chi connectivity index (χ2v) is 5.71. The van der Waals surface area contributed by atoms with Gasteiger partial charge in [0.25, 0.3) is 0 Å². The quantitative estimate of drug-likeness (QED) is 0.402. The molecule has 2 N–H and O–H groups in total. The van der Waals surface area contributed by atoms with Gasteiger partial charge in [-0.1, -0.05) is 25.1 Å². The number of ether oxygens (including phenoxy) is 1. The number of methoxy groups -OCH3 is 1. The summed E-state index contributed by atoms with van der Waals surface area (Å²) < 4.78 is 5.34. The summed E-state index contributed by atoms with van der Waals surface area (Å²) in [6, 6.07) is 7.97. The summed E-state index contributed by atoms with van der Waals surface area (Å²) in [6.45, 7) is 6.62. The molecule has 0 spiro atoms. The Balaban J connectivity index is 0.00000400. The Bertz CT molecular complexity index is 429. The Morgan fingerprint density at radius 2 is 2.05 bits per heavy atom. The average Bonchev–Trinajstić information content (AvgIpc) is 2.49. The SMILES string of the molecule is CCNC(=NCc1ccccc1OC)NCC(C)SC.I. The fraction of sp³-hybridized carbons (Fsp3) is 0.533. The maximum Gasteiger partial charge on any atom is 0.191 e. The van der Waals surface area contributed by atoms with E-state index in [0.29, 0.717) is 11.8 Å². The van der Waals surface area contributed by atoms with E-state index in [1.807, 2.05) is 36.0 Å². The molecule has 0 aliphatic rings. The minimum Gasteiger partial charge on any atom is -0.496 e. The third kappa shape index (κ3) is 7.80. The predicted octanol–water partition coefficient (Wildman–Crippen LogP) is 3.12. The first-order valence-electron chi connectivity index (χ1n) is 6.88. The Morgan fingerprint density at radius 1 is 1.33 bits per heavy atom. The zero-order valence-corrected chi connectivity index (χ0v) is 16.3. The molecule has 1 aromatic carbocycles. The second kappa shape index (κ2) is 12.0. The van der Waals surface area contributed by atoms with Gasteiger partial charge in [-0.3, -0.25) is 0 Å². The number of hydrogen-bond acceptors (Lipinski definition) is 3. The van der Waals surface area contributed by atoms with Gasteiger partial charge >= 0.3 is 0 Å². The van der Waals surface area contributed by atoms with Gasteiger partial charge in [0.2, 0.25) is 0 Å². The van der Waals surface area contributed by atoms with Crippen LogP contribution in [0.1, 0.15) is 19.4 Å². The molecule has 0 heterocycles. The van der Waals surface area contributed by atoms with Crippen molar-refractivity contribution in [1.29, 1.82) is 0 Å². The number of nitrogens with zero attached hydrogens (tertiary/aromatic N) is 1. The summed E-state index contributed by atoms with van der Waals surface area (Å²) in [5.41, 5.74) is 1.09. The lowest BCUT2D eigenvalue weighted by Crippen LogP contribution is -2.40. The van der Waals surface area contributed by atoms with Crippen molar-refractivity contribution >= 4 is 41.7 Å². The maximum atomic E-state index is 5.34. The highest BCUT2D eigenvalue weighted by molar-refractivity contribution is 14.0. The van der Waals surface area contributed by atoms with Crippen LogP contribution in [0.5, 0.6) is 5.75 Å². The lowest BCUT2D eigenvalue weighted by atomic mass is 10.2. The molecule has 0 amide bonds. The van der Waals surface area contributed by atoms with Crippen LogP contribution in [0, 0.1) is 0 Å². The summed E-state index contributed by atoms with van der Waals surface area (Å²) in [5, 5.41) is 7.18. The van der Waals surface area contributed by atoms with Crippen LogP contribution in [0.4, 0.5) is 0 Å². The number of guanidine groups is 1. The van der Waals surface area contributed by atoms with E-state index in [1.54, 1.807) is 7.11 Å². The lowest BCUT2D eigenvalue weighted by Gasteiger charge is -2.14. The van der Waals surface area contributed by atoms with Crippen LogP contribution in [-0.2, 0) is 6.54 Å². The monoisotopic (exact) mass is 423 g/mol. The molecule has 4 nitrogen and oxygen atoms in total. The van der Waals surface area contributed by atoms with Crippen molar-refractivity contribution in [2.45, 2.75) is 25.6 Å². The highest BCUT2D eigenvalue weighted by Crippen LogP contribution is 2.17. The van der Waals surface area contributed by atoms with Gasteiger partial charge in [0.1, 0.15) is 5.75 Å². The van der Waals surface area contributed by atoms with Crippen LogP contribution >= 0.6 is 35.7 Å². The molecule has 0 saturated heterocycles. The first-order valence-corrected chi connectivity index (χ1v) is 8.16. The first-order chi connectivity index (χ1) is 9.71. The largest absolute Gasteiger partial charge is 0.496 e. The maximum absolute atomic E-state index is 5.34. The smallest absolute Gasteiger partial charge is 0.191 e. The van der Waals surface area contributed by atoms with Crippen LogP contribution in [0.15, 0.2) is 29.3 Å². The predicted molar refractivity (Wildman–Crippen MR) is 104 cm³/mol. The van der Waals surface area contributed by atoms with E-state index in [1.165, 1.54) is 0 Å². The molecular weight excluding hydrogens is 397 g/mol. The third-order valence-electron chi connectivity index (χ3n) is 2.90. The fourth-order valence-electron chi connectivity index (χ4n) is 1.66. The van der Waals surface area contributed by atoms with E-state index in [-0.39, 0.29) is 24.0 Å². The van der Waals surface area contributed by atoms with Crippen LogP contribution in [0.3, 0.4) is 0 Å². The number of rotatable bonds is 7. The van der Waals surface area contributed by atoms with Crippen LogP contribution in [0.25, 0.3) is 0 Å². The number of hydrogen-bond donors (Lipinski definition) is 2. The van der Waals surface area contributed by atoms with Crippen molar-refractivity contribution < 1.29 is 4.74 Å². The molecule has 0 aliphatic carbocycles. The van der Waals surface area contributed by atoms with Gasteiger partial charge < -0.3 is 15.4 Å². The Morgan fingerprint density at radius 3 is 2.67 bits per heavy atom. The minimum absolute atomic E-state index is 0. The lowest BCUT2D eigenvalue weighted by molar-refractivity contribution is 0.410. The van der Waals surface area contributed by atoms with E-state index in [0.717, 1.165) is 30.4 Å². The van der Waals surface area contributed by atoms with Gasteiger partial charge in [-0.05, 0) is 19.2 Å². The molecule has 1 unspecified atom stereocenters. The molecule has 1 aromatic rings. The summed E-state index contributed by atoms with van der Waals surface area (Å²) in [5.74, 6) is 1.73. The van der Waals surface area contributed by atoms with Gasteiger partial charge in [0, 0.05) is 23.9 Å². The number of nitrogens with one attached hydrogen (secondary N) is 2. The Hall–Kier alpha value is -0.630. The molecule has 1 rings (SSSR count). The topological polar surface area (TPSA) is 45.7 Å². The third-order valence-corrected chi connectivity index (χ3v) is 3.87. The molecule has 0 aromatic heterocycles. The number of benzene rings is 1. The zero-order valence-electron chi connectivity index (χ0n) is 13.2. The fourth-order valence-corrected chi connectivity index (χ4v) is 1.91. The number of thioether (sulfide) groups is 1.